The molecule has 154 valence electrons. The van der Waals surface area contributed by atoms with Crippen molar-refractivity contribution in [3.63, 3.8) is 0 Å². The minimum Gasteiger partial charge on any atom is -0.325 e. The fraction of sp³-hybridized carbons (Fsp3) is 0.400. The number of nitrogens with zero attached hydrogens (tertiary/aromatic N) is 3. The fourth-order valence-electron chi connectivity index (χ4n) is 3.29. The number of hydrogen-bond donors (Lipinski definition) is 2. The van der Waals surface area contributed by atoms with E-state index in [1.54, 1.807) is 18.2 Å². The smallest absolute Gasteiger partial charge is 0.259 e. The number of carbonyl (C=O) groups excluding carboxylic acids is 2. The molecular formula is C20H23Cl2N5O2. The van der Waals surface area contributed by atoms with E-state index in [4.69, 9.17) is 23.2 Å². The lowest BCUT2D eigenvalue weighted by Crippen LogP contribution is -2.41. The van der Waals surface area contributed by atoms with Gasteiger partial charge in [-0.25, -0.2) is 0 Å². The molecule has 1 aromatic heterocycles. The van der Waals surface area contributed by atoms with Crippen LogP contribution >= 0.6 is 23.2 Å². The summed E-state index contributed by atoms with van der Waals surface area (Å²) in [5.74, 6) is -0.374. The number of amides is 2. The number of halogens is 2. The Morgan fingerprint density at radius 3 is 2.41 bits per heavy atom. The molecular weight excluding hydrogens is 413 g/mol. The predicted octanol–water partition coefficient (Wildman–Crippen LogP) is 4.09. The number of anilines is 2. The van der Waals surface area contributed by atoms with Gasteiger partial charge in [-0.15, -0.1) is 10.2 Å². The molecule has 0 bridgehead atoms. The zero-order valence-electron chi connectivity index (χ0n) is 16.3. The monoisotopic (exact) mass is 435 g/mol. The Kier molecular flexibility index (Phi) is 7.05. The summed E-state index contributed by atoms with van der Waals surface area (Å²) in [6.45, 7) is 6.09. The number of benzene rings is 1. The van der Waals surface area contributed by atoms with Crippen LogP contribution in [0.3, 0.4) is 0 Å². The van der Waals surface area contributed by atoms with Gasteiger partial charge in [-0.3, -0.25) is 9.59 Å². The van der Waals surface area contributed by atoms with Crippen LogP contribution in [-0.4, -0.2) is 46.0 Å². The van der Waals surface area contributed by atoms with E-state index in [9.17, 15) is 9.59 Å². The van der Waals surface area contributed by atoms with Gasteiger partial charge in [0.05, 0.1) is 11.3 Å². The number of rotatable bonds is 5. The maximum atomic E-state index is 12.8. The van der Waals surface area contributed by atoms with Crippen molar-refractivity contribution in [3.8, 4) is 0 Å². The molecule has 9 heteroatoms. The fourth-order valence-corrected chi connectivity index (χ4v) is 3.57. The largest absolute Gasteiger partial charge is 0.325 e. The summed E-state index contributed by atoms with van der Waals surface area (Å²) in [6.07, 6.45) is 1.58. The zero-order chi connectivity index (χ0) is 21.0. The quantitative estimate of drug-likeness (QED) is 0.737. The highest BCUT2D eigenvalue weighted by molar-refractivity contribution is 6.31. The normalized spacial score (nSPS) is 15.3. The van der Waals surface area contributed by atoms with E-state index in [2.05, 4.69) is 39.6 Å². The van der Waals surface area contributed by atoms with Gasteiger partial charge in [0.15, 0.2) is 11.0 Å². The molecule has 1 fully saturated rings. The Morgan fingerprint density at radius 2 is 1.79 bits per heavy atom. The number of piperidine rings is 1. The van der Waals surface area contributed by atoms with E-state index in [1.165, 1.54) is 12.1 Å². The first-order valence-corrected chi connectivity index (χ1v) is 10.2. The van der Waals surface area contributed by atoms with Crippen LogP contribution in [0.4, 0.5) is 11.5 Å². The molecule has 1 saturated heterocycles. The van der Waals surface area contributed by atoms with Crippen LogP contribution in [0.2, 0.25) is 10.2 Å². The predicted molar refractivity (Wildman–Crippen MR) is 115 cm³/mol. The summed E-state index contributed by atoms with van der Waals surface area (Å²) in [7, 11) is 0. The van der Waals surface area contributed by atoms with E-state index in [0.29, 0.717) is 16.8 Å². The van der Waals surface area contributed by atoms with Crippen molar-refractivity contribution in [1.29, 1.82) is 0 Å². The first-order chi connectivity index (χ1) is 13.8. The van der Waals surface area contributed by atoms with Crippen LogP contribution < -0.4 is 10.6 Å². The Labute approximate surface area is 179 Å². The molecule has 0 saturated carbocycles. The summed E-state index contributed by atoms with van der Waals surface area (Å²) < 4.78 is 0. The van der Waals surface area contributed by atoms with Crippen molar-refractivity contribution >= 4 is 46.5 Å². The summed E-state index contributed by atoms with van der Waals surface area (Å²) in [4.78, 5) is 27.8. The van der Waals surface area contributed by atoms with Crippen LogP contribution in [0.15, 0.2) is 30.3 Å². The summed E-state index contributed by atoms with van der Waals surface area (Å²) >= 11 is 11.8. The van der Waals surface area contributed by atoms with Crippen molar-refractivity contribution in [3.05, 3.63) is 46.1 Å². The lowest BCUT2D eigenvalue weighted by Gasteiger charge is -2.34. The van der Waals surface area contributed by atoms with Gasteiger partial charge in [-0.2, -0.15) is 0 Å². The van der Waals surface area contributed by atoms with E-state index in [-0.39, 0.29) is 28.4 Å². The number of aromatic nitrogens is 2. The summed E-state index contributed by atoms with van der Waals surface area (Å²) in [5, 5.41) is 13.7. The van der Waals surface area contributed by atoms with Crippen LogP contribution in [-0.2, 0) is 4.79 Å². The maximum Gasteiger partial charge on any atom is 0.259 e. The minimum absolute atomic E-state index is 0.0845. The average Bonchev–Trinajstić information content (AvgIpc) is 2.71. The van der Waals surface area contributed by atoms with Gasteiger partial charge in [0.25, 0.3) is 5.91 Å². The van der Waals surface area contributed by atoms with Crippen molar-refractivity contribution in [1.82, 2.24) is 15.1 Å². The van der Waals surface area contributed by atoms with Crippen LogP contribution in [0, 0.1) is 5.92 Å². The third kappa shape index (κ3) is 5.65. The molecule has 1 aromatic carbocycles. The number of carbonyl (C=O) groups is 2. The first kappa shape index (κ1) is 21.5. The molecule has 0 radical (unpaired) electrons. The van der Waals surface area contributed by atoms with E-state index in [0.717, 1.165) is 25.9 Å². The molecule has 1 aliphatic rings. The molecule has 0 unspecified atom stereocenters. The molecule has 0 spiro atoms. The minimum atomic E-state index is -0.450. The Morgan fingerprint density at radius 1 is 1.07 bits per heavy atom. The maximum absolute atomic E-state index is 12.8. The molecule has 7 nitrogen and oxygen atoms in total. The molecule has 2 amide bonds. The molecule has 29 heavy (non-hydrogen) atoms. The van der Waals surface area contributed by atoms with Gasteiger partial charge in [-0.1, -0.05) is 23.2 Å². The molecule has 0 aliphatic carbocycles. The molecule has 2 heterocycles. The lowest BCUT2D eigenvalue weighted by atomic mass is 9.95. The number of hydrogen-bond acceptors (Lipinski definition) is 5. The Hall–Kier alpha value is -2.22. The van der Waals surface area contributed by atoms with Crippen LogP contribution in [0.1, 0.15) is 37.0 Å². The molecule has 0 atom stereocenters. The van der Waals surface area contributed by atoms with E-state index < -0.39 is 5.91 Å². The van der Waals surface area contributed by atoms with Crippen LogP contribution in [0.5, 0.6) is 0 Å². The highest BCUT2D eigenvalue weighted by Gasteiger charge is 2.27. The zero-order valence-corrected chi connectivity index (χ0v) is 17.8. The average molecular weight is 436 g/mol. The van der Waals surface area contributed by atoms with E-state index in [1.807, 2.05) is 0 Å². The third-order valence-corrected chi connectivity index (χ3v) is 5.43. The molecule has 1 aliphatic heterocycles. The van der Waals surface area contributed by atoms with Crippen molar-refractivity contribution in [2.75, 3.05) is 23.7 Å². The van der Waals surface area contributed by atoms with Gasteiger partial charge in [-0.05, 0) is 70.1 Å². The SMILES string of the molecule is CC(C)N1CCC(C(=O)Nc2ccc(Cl)cc2C(=O)Nc2ccc(Cl)nn2)CC1. The van der Waals surface area contributed by atoms with Crippen LogP contribution in [0.25, 0.3) is 0 Å². The molecule has 2 aromatic rings. The van der Waals surface area contributed by atoms with Gasteiger partial charge in [0.1, 0.15) is 0 Å². The number of likely N-dealkylation sites (tertiary alicyclic amines) is 1. The Bertz CT molecular complexity index is 881. The van der Waals surface area contributed by atoms with Gasteiger partial charge in [0.2, 0.25) is 5.91 Å². The van der Waals surface area contributed by atoms with Gasteiger partial charge < -0.3 is 15.5 Å². The summed E-state index contributed by atoms with van der Waals surface area (Å²) in [5.41, 5.74) is 0.660. The Balaban J connectivity index is 1.70. The highest BCUT2D eigenvalue weighted by Crippen LogP contribution is 2.25. The van der Waals surface area contributed by atoms with E-state index >= 15 is 0 Å². The molecule has 2 N–H and O–H groups in total. The lowest BCUT2D eigenvalue weighted by molar-refractivity contribution is -0.121. The van der Waals surface area contributed by atoms with Crippen molar-refractivity contribution in [2.24, 2.45) is 5.92 Å². The standard InChI is InChI=1S/C20H23Cl2N5O2/c1-12(2)27-9-7-13(8-10-27)19(28)23-16-4-3-14(21)11-15(16)20(29)24-18-6-5-17(22)25-26-18/h3-6,11-13H,7-10H2,1-2H3,(H,23,28)(H,24,26,29). The van der Waals surface area contributed by atoms with Gasteiger partial charge in [0, 0.05) is 17.0 Å². The third-order valence-electron chi connectivity index (χ3n) is 4.99. The van der Waals surface area contributed by atoms with Gasteiger partial charge >= 0.3 is 0 Å². The second-order valence-corrected chi connectivity index (χ2v) is 8.10. The molecule has 3 rings (SSSR count). The van der Waals surface area contributed by atoms with Crippen molar-refractivity contribution < 1.29 is 9.59 Å². The second-order valence-electron chi connectivity index (χ2n) is 7.28. The number of nitrogens with one attached hydrogen (secondary N) is 2. The summed E-state index contributed by atoms with van der Waals surface area (Å²) in [6, 6.07) is 8.31. The topological polar surface area (TPSA) is 87.2 Å². The second kappa shape index (κ2) is 9.52. The highest BCUT2D eigenvalue weighted by atomic mass is 35.5. The van der Waals surface area contributed by atoms with Crippen molar-refractivity contribution in [2.45, 2.75) is 32.7 Å². The first-order valence-electron chi connectivity index (χ1n) is 9.48.